The summed E-state index contributed by atoms with van der Waals surface area (Å²) in [6.07, 6.45) is 3.92. The molecule has 0 aromatic carbocycles. The van der Waals surface area contributed by atoms with Crippen molar-refractivity contribution in [3.05, 3.63) is 11.7 Å². The molecule has 1 amide bonds. The third kappa shape index (κ3) is 4.27. The van der Waals surface area contributed by atoms with Crippen LogP contribution in [-0.2, 0) is 22.4 Å². The van der Waals surface area contributed by atoms with Gasteiger partial charge in [0.25, 0.3) is 0 Å². The molecule has 2 rings (SSSR count). The van der Waals surface area contributed by atoms with Crippen molar-refractivity contribution in [2.75, 3.05) is 13.1 Å². The van der Waals surface area contributed by atoms with Crippen molar-refractivity contribution in [3.63, 3.8) is 0 Å². The van der Waals surface area contributed by atoms with Gasteiger partial charge < -0.3 is 14.5 Å². The number of carboxylic acids is 1. The Labute approximate surface area is 123 Å². The maximum atomic E-state index is 12.0. The van der Waals surface area contributed by atoms with E-state index in [1.807, 2.05) is 0 Å². The number of amides is 1. The van der Waals surface area contributed by atoms with Gasteiger partial charge in [0.15, 0.2) is 5.82 Å². The molecule has 1 aromatic heterocycles. The van der Waals surface area contributed by atoms with Gasteiger partial charge in [-0.15, -0.1) is 0 Å². The largest absolute Gasteiger partial charge is 0.481 e. The number of carbonyl (C=O) groups excluding carboxylic acids is 1. The van der Waals surface area contributed by atoms with Crippen LogP contribution in [0.4, 0.5) is 0 Å². The van der Waals surface area contributed by atoms with Crippen LogP contribution in [-0.4, -0.2) is 45.1 Å². The van der Waals surface area contributed by atoms with Gasteiger partial charge in [-0.1, -0.05) is 12.1 Å². The highest BCUT2D eigenvalue weighted by Crippen LogP contribution is 2.18. The Morgan fingerprint density at radius 1 is 1.43 bits per heavy atom. The number of hydrogen-bond acceptors (Lipinski definition) is 5. The minimum atomic E-state index is -0.820. The van der Waals surface area contributed by atoms with Crippen molar-refractivity contribution in [1.29, 1.82) is 0 Å². The highest BCUT2D eigenvalue weighted by atomic mass is 16.5. The summed E-state index contributed by atoms with van der Waals surface area (Å²) >= 11 is 0. The molecule has 2 heterocycles. The number of likely N-dealkylation sites (tertiary alicyclic amines) is 1. The van der Waals surface area contributed by atoms with Gasteiger partial charge in [0.1, 0.15) is 0 Å². The zero-order valence-corrected chi connectivity index (χ0v) is 12.2. The smallest absolute Gasteiger partial charge is 0.308 e. The highest BCUT2D eigenvalue weighted by Gasteiger charge is 2.30. The van der Waals surface area contributed by atoms with Crippen LogP contribution >= 0.6 is 0 Å². The first-order valence-corrected chi connectivity index (χ1v) is 7.42. The topological polar surface area (TPSA) is 96.5 Å². The van der Waals surface area contributed by atoms with E-state index in [0.29, 0.717) is 50.5 Å². The van der Waals surface area contributed by atoms with E-state index in [9.17, 15) is 9.59 Å². The fraction of sp³-hybridized carbons (Fsp3) is 0.714. The van der Waals surface area contributed by atoms with Crippen LogP contribution < -0.4 is 0 Å². The van der Waals surface area contributed by atoms with Crippen molar-refractivity contribution in [2.45, 2.75) is 45.4 Å². The average Bonchev–Trinajstić information content (AvgIpc) is 3.08. The Morgan fingerprint density at radius 3 is 2.90 bits per heavy atom. The van der Waals surface area contributed by atoms with Crippen LogP contribution in [0.25, 0.3) is 0 Å². The minimum Gasteiger partial charge on any atom is -0.481 e. The van der Waals surface area contributed by atoms with Crippen LogP contribution in [0.2, 0.25) is 0 Å². The third-order valence-electron chi connectivity index (χ3n) is 3.66. The summed E-state index contributed by atoms with van der Waals surface area (Å²) in [5, 5.41) is 12.8. The molecule has 7 nitrogen and oxygen atoms in total. The number of carbonyl (C=O) groups is 2. The van der Waals surface area contributed by atoms with Crippen LogP contribution in [0.5, 0.6) is 0 Å². The van der Waals surface area contributed by atoms with Gasteiger partial charge in [-0.2, -0.15) is 4.98 Å². The van der Waals surface area contributed by atoms with Crippen molar-refractivity contribution in [3.8, 4) is 0 Å². The summed E-state index contributed by atoms with van der Waals surface area (Å²) < 4.78 is 5.11. The number of aliphatic carboxylic acids is 1. The molecule has 21 heavy (non-hydrogen) atoms. The molecule has 1 N–H and O–H groups in total. The van der Waals surface area contributed by atoms with Crippen molar-refractivity contribution in [1.82, 2.24) is 15.0 Å². The molecule has 0 bridgehead atoms. The molecule has 1 atom stereocenters. The van der Waals surface area contributed by atoms with Gasteiger partial charge in [-0.3, -0.25) is 9.59 Å². The Balaban J connectivity index is 1.70. The van der Waals surface area contributed by atoms with E-state index >= 15 is 0 Å². The zero-order chi connectivity index (χ0) is 15.2. The van der Waals surface area contributed by atoms with E-state index in [4.69, 9.17) is 9.63 Å². The van der Waals surface area contributed by atoms with Crippen LogP contribution in [0.15, 0.2) is 4.52 Å². The lowest BCUT2D eigenvalue weighted by molar-refractivity contribution is -0.141. The fourth-order valence-electron chi connectivity index (χ4n) is 2.45. The molecule has 1 aliphatic rings. The highest BCUT2D eigenvalue weighted by molar-refractivity contribution is 5.78. The predicted molar refractivity (Wildman–Crippen MR) is 73.6 cm³/mol. The predicted octanol–water partition coefficient (Wildman–Crippen LogP) is 1.28. The van der Waals surface area contributed by atoms with Crippen LogP contribution in [0.3, 0.4) is 0 Å². The van der Waals surface area contributed by atoms with Crippen molar-refractivity contribution in [2.24, 2.45) is 5.92 Å². The first kappa shape index (κ1) is 15.5. The summed E-state index contributed by atoms with van der Waals surface area (Å²) in [4.78, 5) is 28.7. The van der Waals surface area contributed by atoms with Crippen molar-refractivity contribution >= 4 is 11.9 Å². The quantitative estimate of drug-likeness (QED) is 0.814. The summed E-state index contributed by atoms with van der Waals surface area (Å²) in [5.74, 6) is 0.0481. The van der Waals surface area contributed by atoms with Crippen LogP contribution in [0.1, 0.15) is 44.3 Å². The van der Waals surface area contributed by atoms with Gasteiger partial charge in [0.05, 0.1) is 5.92 Å². The first-order valence-electron chi connectivity index (χ1n) is 7.42. The van der Waals surface area contributed by atoms with E-state index in [1.165, 1.54) is 0 Å². The van der Waals surface area contributed by atoms with Crippen molar-refractivity contribution < 1.29 is 19.2 Å². The maximum Gasteiger partial charge on any atom is 0.308 e. The second-order valence-electron chi connectivity index (χ2n) is 5.37. The number of nitrogens with zero attached hydrogens (tertiary/aromatic N) is 3. The van der Waals surface area contributed by atoms with Gasteiger partial charge >= 0.3 is 5.97 Å². The average molecular weight is 295 g/mol. The zero-order valence-electron chi connectivity index (χ0n) is 12.2. The van der Waals surface area contributed by atoms with Gasteiger partial charge in [-0.05, 0) is 19.3 Å². The molecule has 0 unspecified atom stereocenters. The number of aromatic nitrogens is 2. The molecular weight excluding hydrogens is 274 g/mol. The Bertz CT molecular complexity index is 500. The lowest BCUT2D eigenvalue weighted by atomic mass is 10.1. The Hall–Kier alpha value is -1.92. The van der Waals surface area contributed by atoms with Crippen LogP contribution in [0, 0.1) is 5.92 Å². The molecule has 7 heteroatoms. The molecule has 1 aromatic rings. The number of aryl methyl sites for hydroxylation is 2. The summed E-state index contributed by atoms with van der Waals surface area (Å²) in [5.41, 5.74) is 0. The standard InChI is InChI=1S/C14H21N3O4/c1-2-4-11-15-12(21-16-11)5-3-6-13(18)17-8-7-10(9-17)14(19)20/h10H,2-9H2,1H3,(H,19,20)/t10-/m0/s1. The minimum absolute atomic E-state index is 0.00652. The molecule has 116 valence electrons. The third-order valence-corrected chi connectivity index (χ3v) is 3.66. The monoisotopic (exact) mass is 295 g/mol. The molecule has 1 saturated heterocycles. The second-order valence-corrected chi connectivity index (χ2v) is 5.37. The molecule has 0 aliphatic carbocycles. The van der Waals surface area contributed by atoms with E-state index in [2.05, 4.69) is 17.1 Å². The molecule has 0 saturated carbocycles. The second kappa shape index (κ2) is 7.19. The normalized spacial score (nSPS) is 18.1. The van der Waals surface area contributed by atoms with E-state index in [0.717, 1.165) is 12.8 Å². The fourth-order valence-corrected chi connectivity index (χ4v) is 2.45. The Kier molecular flexibility index (Phi) is 5.30. The lowest BCUT2D eigenvalue weighted by Gasteiger charge is -2.15. The van der Waals surface area contributed by atoms with Gasteiger partial charge in [-0.25, -0.2) is 0 Å². The van der Waals surface area contributed by atoms with E-state index in [-0.39, 0.29) is 5.91 Å². The van der Waals surface area contributed by atoms with Gasteiger partial charge in [0.2, 0.25) is 11.8 Å². The molecular formula is C14H21N3O4. The molecule has 1 fully saturated rings. The van der Waals surface area contributed by atoms with E-state index in [1.54, 1.807) is 4.90 Å². The molecule has 1 aliphatic heterocycles. The molecule has 0 radical (unpaired) electrons. The summed E-state index contributed by atoms with van der Waals surface area (Å²) in [6, 6.07) is 0. The first-order chi connectivity index (χ1) is 10.1. The molecule has 0 spiro atoms. The number of carboxylic acid groups (broad SMARTS) is 1. The summed E-state index contributed by atoms with van der Waals surface area (Å²) in [6.45, 7) is 2.92. The number of rotatable bonds is 7. The summed E-state index contributed by atoms with van der Waals surface area (Å²) in [7, 11) is 0. The lowest BCUT2D eigenvalue weighted by Crippen LogP contribution is -2.29. The Morgan fingerprint density at radius 2 is 2.24 bits per heavy atom. The number of hydrogen-bond donors (Lipinski definition) is 1. The van der Waals surface area contributed by atoms with E-state index < -0.39 is 11.9 Å². The maximum absolute atomic E-state index is 12.0. The van der Waals surface area contributed by atoms with Gasteiger partial charge in [0, 0.05) is 32.4 Å². The SMILES string of the molecule is CCCc1noc(CCCC(=O)N2CC[C@H](C(=O)O)C2)n1.